The van der Waals surface area contributed by atoms with Crippen LogP contribution in [-0.2, 0) is 11.3 Å². The first-order valence-corrected chi connectivity index (χ1v) is 6.52. The zero-order valence-electron chi connectivity index (χ0n) is 11.4. The fourth-order valence-corrected chi connectivity index (χ4v) is 2.70. The van der Waals surface area contributed by atoms with E-state index in [-0.39, 0.29) is 6.04 Å². The van der Waals surface area contributed by atoms with E-state index in [9.17, 15) is 9.90 Å². The highest BCUT2D eigenvalue weighted by Gasteiger charge is 2.30. The van der Waals surface area contributed by atoms with E-state index in [2.05, 4.69) is 37.8 Å². The summed E-state index contributed by atoms with van der Waals surface area (Å²) in [7, 11) is 0. The number of hydrogen-bond acceptors (Lipinski definition) is 2. The number of likely N-dealkylation sites (tertiary alicyclic amines) is 1. The van der Waals surface area contributed by atoms with E-state index in [0.29, 0.717) is 0 Å². The van der Waals surface area contributed by atoms with Crippen LogP contribution in [0, 0.1) is 20.8 Å². The van der Waals surface area contributed by atoms with Gasteiger partial charge in [0, 0.05) is 6.54 Å². The molecule has 1 heterocycles. The molecule has 0 radical (unpaired) electrons. The summed E-state index contributed by atoms with van der Waals surface area (Å²) in [5.41, 5.74) is 5.09. The Hall–Kier alpha value is -1.35. The van der Waals surface area contributed by atoms with E-state index in [0.717, 1.165) is 25.9 Å². The third-order valence-electron chi connectivity index (χ3n) is 3.97. The van der Waals surface area contributed by atoms with Gasteiger partial charge in [0.2, 0.25) is 0 Å². The Morgan fingerprint density at radius 3 is 2.61 bits per heavy atom. The molecule has 3 nitrogen and oxygen atoms in total. The van der Waals surface area contributed by atoms with E-state index in [1.165, 1.54) is 22.3 Å². The molecule has 1 N–H and O–H groups in total. The summed E-state index contributed by atoms with van der Waals surface area (Å²) < 4.78 is 0. The Morgan fingerprint density at radius 1 is 1.28 bits per heavy atom. The largest absolute Gasteiger partial charge is 0.480 e. The van der Waals surface area contributed by atoms with Gasteiger partial charge >= 0.3 is 5.97 Å². The Balaban J connectivity index is 2.19. The van der Waals surface area contributed by atoms with Crippen LogP contribution in [0.15, 0.2) is 12.1 Å². The van der Waals surface area contributed by atoms with Crippen LogP contribution >= 0.6 is 0 Å². The van der Waals surface area contributed by atoms with Gasteiger partial charge in [-0.2, -0.15) is 0 Å². The van der Waals surface area contributed by atoms with Gasteiger partial charge < -0.3 is 5.11 Å². The maximum atomic E-state index is 11.2. The van der Waals surface area contributed by atoms with Gasteiger partial charge in [-0.1, -0.05) is 12.1 Å². The van der Waals surface area contributed by atoms with Crippen LogP contribution in [0.2, 0.25) is 0 Å². The van der Waals surface area contributed by atoms with Crippen molar-refractivity contribution in [2.75, 3.05) is 6.54 Å². The van der Waals surface area contributed by atoms with Crippen LogP contribution in [0.3, 0.4) is 0 Å². The van der Waals surface area contributed by atoms with Crippen LogP contribution in [0.1, 0.15) is 35.1 Å². The molecule has 1 aromatic rings. The highest BCUT2D eigenvalue weighted by molar-refractivity contribution is 5.73. The number of benzene rings is 1. The van der Waals surface area contributed by atoms with Gasteiger partial charge in [-0.05, 0) is 62.4 Å². The number of aryl methyl sites for hydroxylation is 3. The van der Waals surface area contributed by atoms with Crippen molar-refractivity contribution >= 4 is 5.97 Å². The zero-order chi connectivity index (χ0) is 13.3. The minimum absolute atomic E-state index is 0.300. The lowest BCUT2D eigenvalue weighted by molar-refractivity contribution is -0.142. The fourth-order valence-electron chi connectivity index (χ4n) is 2.70. The van der Waals surface area contributed by atoms with Crippen molar-refractivity contribution in [1.29, 1.82) is 0 Å². The van der Waals surface area contributed by atoms with Crippen molar-refractivity contribution in [3.63, 3.8) is 0 Å². The van der Waals surface area contributed by atoms with Crippen molar-refractivity contribution in [1.82, 2.24) is 4.90 Å². The minimum Gasteiger partial charge on any atom is -0.480 e. The van der Waals surface area contributed by atoms with Crippen LogP contribution in [-0.4, -0.2) is 28.6 Å². The summed E-state index contributed by atoms with van der Waals surface area (Å²) in [4.78, 5) is 13.2. The van der Waals surface area contributed by atoms with Crippen molar-refractivity contribution in [2.24, 2.45) is 0 Å². The van der Waals surface area contributed by atoms with E-state index in [1.807, 2.05) is 0 Å². The van der Waals surface area contributed by atoms with Crippen molar-refractivity contribution < 1.29 is 9.90 Å². The van der Waals surface area contributed by atoms with E-state index in [4.69, 9.17) is 0 Å². The maximum Gasteiger partial charge on any atom is 0.320 e. The standard InChI is InChI=1S/C15H21NO2/c1-10-7-12(3)13(8-11(10)2)9-16-6-4-5-14(16)15(17)18/h7-8,14H,4-6,9H2,1-3H3,(H,17,18)/t14-/m0/s1. The van der Waals surface area contributed by atoms with Crippen LogP contribution < -0.4 is 0 Å². The summed E-state index contributed by atoms with van der Waals surface area (Å²) >= 11 is 0. The van der Waals surface area contributed by atoms with E-state index < -0.39 is 5.97 Å². The molecule has 1 saturated heterocycles. The molecular formula is C15H21NO2. The number of hydrogen-bond donors (Lipinski definition) is 1. The van der Waals surface area contributed by atoms with Crippen LogP contribution in [0.25, 0.3) is 0 Å². The summed E-state index contributed by atoms with van der Waals surface area (Å²) in [6.07, 6.45) is 1.76. The van der Waals surface area contributed by atoms with Gasteiger partial charge in [0.1, 0.15) is 6.04 Å². The van der Waals surface area contributed by atoms with Gasteiger partial charge in [0.15, 0.2) is 0 Å². The first-order chi connectivity index (χ1) is 8.49. The van der Waals surface area contributed by atoms with Gasteiger partial charge in [-0.3, -0.25) is 9.69 Å². The molecular weight excluding hydrogens is 226 g/mol. The highest BCUT2D eigenvalue weighted by atomic mass is 16.4. The second-order valence-electron chi connectivity index (χ2n) is 5.33. The lowest BCUT2D eigenvalue weighted by atomic mass is 10.0. The molecule has 0 aliphatic carbocycles. The van der Waals surface area contributed by atoms with Crippen molar-refractivity contribution in [3.05, 3.63) is 34.4 Å². The average Bonchev–Trinajstić information content (AvgIpc) is 2.74. The number of carboxylic acids is 1. The molecule has 1 atom stereocenters. The van der Waals surface area contributed by atoms with Crippen molar-refractivity contribution in [2.45, 2.75) is 46.2 Å². The maximum absolute atomic E-state index is 11.2. The number of nitrogens with zero attached hydrogens (tertiary/aromatic N) is 1. The summed E-state index contributed by atoms with van der Waals surface area (Å²) in [6, 6.07) is 4.09. The number of carboxylic acid groups (broad SMARTS) is 1. The number of aliphatic carboxylic acids is 1. The molecule has 1 aliphatic rings. The molecule has 0 unspecified atom stereocenters. The smallest absolute Gasteiger partial charge is 0.320 e. The topological polar surface area (TPSA) is 40.5 Å². The molecule has 1 aromatic carbocycles. The minimum atomic E-state index is -0.686. The van der Waals surface area contributed by atoms with E-state index in [1.54, 1.807) is 0 Å². The monoisotopic (exact) mass is 247 g/mol. The van der Waals surface area contributed by atoms with Gasteiger partial charge in [0.25, 0.3) is 0 Å². The number of rotatable bonds is 3. The molecule has 0 bridgehead atoms. The molecule has 3 heteroatoms. The van der Waals surface area contributed by atoms with Crippen LogP contribution in [0.4, 0.5) is 0 Å². The first-order valence-electron chi connectivity index (χ1n) is 6.52. The molecule has 0 spiro atoms. The van der Waals surface area contributed by atoms with Crippen LogP contribution in [0.5, 0.6) is 0 Å². The third kappa shape index (κ3) is 2.56. The normalized spacial score (nSPS) is 20.3. The highest BCUT2D eigenvalue weighted by Crippen LogP contribution is 2.23. The molecule has 0 amide bonds. The predicted molar refractivity (Wildman–Crippen MR) is 71.7 cm³/mol. The number of carbonyl (C=O) groups is 1. The summed E-state index contributed by atoms with van der Waals surface area (Å²) in [6.45, 7) is 7.97. The Bertz CT molecular complexity index is 468. The summed E-state index contributed by atoms with van der Waals surface area (Å²) in [5, 5.41) is 9.19. The Morgan fingerprint density at radius 2 is 1.94 bits per heavy atom. The molecule has 1 fully saturated rings. The second-order valence-corrected chi connectivity index (χ2v) is 5.33. The first kappa shape index (κ1) is 13.1. The average molecular weight is 247 g/mol. The molecule has 2 rings (SSSR count). The van der Waals surface area contributed by atoms with Gasteiger partial charge in [-0.25, -0.2) is 0 Å². The van der Waals surface area contributed by atoms with Crippen molar-refractivity contribution in [3.8, 4) is 0 Å². The molecule has 0 aromatic heterocycles. The molecule has 98 valence electrons. The SMILES string of the molecule is Cc1cc(C)c(CN2CCC[C@H]2C(=O)O)cc1C. The summed E-state index contributed by atoms with van der Waals surface area (Å²) in [5.74, 6) is -0.686. The molecule has 1 aliphatic heterocycles. The molecule has 0 saturated carbocycles. The molecule has 18 heavy (non-hydrogen) atoms. The fraction of sp³-hybridized carbons (Fsp3) is 0.533. The quantitative estimate of drug-likeness (QED) is 0.892. The third-order valence-corrected chi connectivity index (χ3v) is 3.97. The Kier molecular flexibility index (Phi) is 3.71. The van der Waals surface area contributed by atoms with E-state index >= 15 is 0 Å². The second kappa shape index (κ2) is 5.11. The lowest BCUT2D eigenvalue weighted by Gasteiger charge is -2.22. The van der Waals surface area contributed by atoms with Gasteiger partial charge in [0.05, 0.1) is 0 Å². The lowest BCUT2D eigenvalue weighted by Crippen LogP contribution is -2.35. The Labute approximate surface area is 108 Å². The predicted octanol–water partition coefficient (Wildman–Crippen LogP) is 2.66. The van der Waals surface area contributed by atoms with Gasteiger partial charge in [-0.15, -0.1) is 0 Å². The zero-order valence-corrected chi connectivity index (χ0v) is 11.4.